The number of nitrogens with zero attached hydrogens (tertiary/aromatic N) is 4. The first-order valence-corrected chi connectivity index (χ1v) is 8.94. The zero-order chi connectivity index (χ0) is 20.9. The number of phenolic OH excluding ortho intramolecular Hbond substituents is 1. The molecule has 0 bridgehead atoms. The second-order valence-corrected chi connectivity index (χ2v) is 6.28. The van der Waals surface area contributed by atoms with E-state index in [1.54, 1.807) is 54.6 Å². The quantitative estimate of drug-likeness (QED) is 0.457. The van der Waals surface area contributed by atoms with Gasteiger partial charge in [0.2, 0.25) is 5.95 Å². The molecule has 0 saturated heterocycles. The molecule has 30 heavy (non-hydrogen) atoms. The number of nitriles is 1. The summed E-state index contributed by atoms with van der Waals surface area (Å²) in [4.78, 5) is 12.4. The summed E-state index contributed by atoms with van der Waals surface area (Å²) in [5.74, 6) is 1.99. The van der Waals surface area contributed by atoms with Gasteiger partial charge in [0.1, 0.15) is 34.8 Å². The fourth-order valence-corrected chi connectivity index (χ4v) is 2.74. The van der Waals surface area contributed by atoms with Gasteiger partial charge in [-0.2, -0.15) is 10.2 Å². The minimum absolute atomic E-state index is 0.133. The number of hydrogen-bond acceptors (Lipinski definition) is 8. The van der Waals surface area contributed by atoms with Crippen LogP contribution in [0.1, 0.15) is 5.69 Å². The lowest BCUT2D eigenvalue weighted by atomic mass is 10.1. The van der Waals surface area contributed by atoms with E-state index < -0.39 is 0 Å². The van der Waals surface area contributed by atoms with E-state index in [1.807, 2.05) is 18.2 Å². The van der Waals surface area contributed by atoms with E-state index in [9.17, 15) is 5.11 Å². The molecule has 2 aromatic heterocycles. The Morgan fingerprint density at radius 2 is 1.70 bits per heavy atom. The smallest absolute Gasteiger partial charge is 0.222 e. The van der Waals surface area contributed by atoms with Crippen LogP contribution in [0.15, 0.2) is 72.9 Å². The van der Waals surface area contributed by atoms with Gasteiger partial charge in [-0.3, -0.25) is 0 Å². The highest BCUT2D eigenvalue weighted by molar-refractivity contribution is 5.67. The molecule has 0 unspecified atom stereocenters. The Balaban J connectivity index is 1.50. The number of ether oxygens (including phenoxy) is 1. The zero-order valence-electron chi connectivity index (χ0n) is 15.6. The maximum absolute atomic E-state index is 9.45. The van der Waals surface area contributed by atoms with Crippen molar-refractivity contribution in [3.8, 4) is 34.6 Å². The molecule has 0 fully saturated rings. The van der Waals surface area contributed by atoms with Crippen LogP contribution in [0, 0.1) is 11.3 Å². The number of aromatic hydroxyl groups is 1. The van der Waals surface area contributed by atoms with Gasteiger partial charge in [-0.15, -0.1) is 0 Å². The Kier molecular flexibility index (Phi) is 5.09. The molecule has 8 nitrogen and oxygen atoms in total. The van der Waals surface area contributed by atoms with Crippen LogP contribution in [0.2, 0.25) is 0 Å². The van der Waals surface area contributed by atoms with Crippen molar-refractivity contribution in [1.82, 2.24) is 15.0 Å². The first-order valence-electron chi connectivity index (χ1n) is 8.94. The highest BCUT2D eigenvalue weighted by Gasteiger charge is 2.07. The van der Waals surface area contributed by atoms with Crippen molar-refractivity contribution in [3.63, 3.8) is 0 Å². The highest BCUT2D eigenvalue weighted by atomic mass is 16.5. The molecule has 0 aliphatic carbocycles. The van der Waals surface area contributed by atoms with Gasteiger partial charge in [0, 0.05) is 29.6 Å². The van der Waals surface area contributed by atoms with Crippen LogP contribution in [-0.4, -0.2) is 20.1 Å². The minimum Gasteiger partial charge on any atom is -0.508 e. The predicted molar refractivity (Wildman–Crippen MR) is 112 cm³/mol. The molecule has 2 aromatic carbocycles. The fourth-order valence-electron chi connectivity index (χ4n) is 2.74. The Labute approximate surface area is 172 Å². The number of nitrogens with one attached hydrogen (secondary N) is 1. The molecule has 8 heteroatoms. The van der Waals surface area contributed by atoms with E-state index in [4.69, 9.17) is 15.7 Å². The van der Waals surface area contributed by atoms with Gasteiger partial charge < -0.3 is 20.9 Å². The first kappa shape index (κ1) is 18.7. The number of anilines is 3. The Morgan fingerprint density at radius 1 is 0.933 bits per heavy atom. The van der Waals surface area contributed by atoms with E-state index >= 15 is 0 Å². The molecule has 0 saturated carbocycles. The molecule has 146 valence electrons. The minimum atomic E-state index is 0.133. The third-order valence-electron chi connectivity index (χ3n) is 4.11. The summed E-state index contributed by atoms with van der Waals surface area (Å²) in [6, 6.07) is 20.9. The maximum Gasteiger partial charge on any atom is 0.222 e. The van der Waals surface area contributed by atoms with E-state index in [-0.39, 0.29) is 17.4 Å². The predicted octanol–water partition coefficient (Wildman–Crippen LogP) is 4.23. The molecule has 0 aliphatic rings. The maximum atomic E-state index is 9.45. The summed E-state index contributed by atoms with van der Waals surface area (Å²) in [6.07, 6.45) is 1.52. The average molecular weight is 396 g/mol. The van der Waals surface area contributed by atoms with Crippen molar-refractivity contribution in [2.45, 2.75) is 0 Å². The number of pyridine rings is 1. The van der Waals surface area contributed by atoms with Crippen LogP contribution in [0.3, 0.4) is 0 Å². The van der Waals surface area contributed by atoms with E-state index in [1.165, 1.54) is 6.20 Å². The van der Waals surface area contributed by atoms with E-state index in [0.717, 1.165) is 11.3 Å². The van der Waals surface area contributed by atoms with Crippen molar-refractivity contribution >= 4 is 17.5 Å². The number of rotatable bonds is 5. The molecule has 0 radical (unpaired) electrons. The third-order valence-corrected chi connectivity index (χ3v) is 4.11. The summed E-state index contributed by atoms with van der Waals surface area (Å²) < 4.78 is 5.75. The van der Waals surface area contributed by atoms with Gasteiger partial charge in [-0.1, -0.05) is 0 Å². The van der Waals surface area contributed by atoms with Crippen LogP contribution in [0.5, 0.6) is 17.2 Å². The third kappa shape index (κ3) is 4.43. The molecular formula is C22H16N6O2. The average Bonchev–Trinajstić information content (AvgIpc) is 2.75. The summed E-state index contributed by atoms with van der Waals surface area (Å²) in [7, 11) is 0. The lowest BCUT2D eigenvalue weighted by Gasteiger charge is -2.10. The Hall–Kier alpha value is -4.64. The van der Waals surface area contributed by atoms with Crippen molar-refractivity contribution in [1.29, 1.82) is 5.26 Å². The second-order valence-electron chi connectivity index (χ2n) is 6.28. The van der Waals surface area contributed by atoms with E-state index in [2.05, 4.69) is 20.3 Å². The Bertz CT molecular complexity index is 1220. The number of phenols is 1. The van der Waals surface area contributed by atoms with Crippen molar-refractivity contribution in [2.75, 3.05) is 11.1 Å². The molecule has 0 aliphatic heterocycles. The number of nitrogens with two attached hydrogens (primary N) is 1. The van der Waals surface area contributed by atoms with Crippen LogP contribution in [-0.2, 0) is 0 Å². The summed E-state index contributed by atoms with van der Waals surface area (Å²) in [5, 5.41) is 21.6. The van der Waals surface area contributed by atoms with Crippen LogP contribution < -0.4 is 15.8 Å². The number of benzene rings is 2. The molecule has 0 atom stereocenters. The molecule has 4 N–H and O–H groups in total. The topological polar surface area (TPSA) is 130 Å². The number of aromatic nitrogens is 3. The SMILES string of the molecule is N#Cc1cc(Oc2ccc(Nc3cc(-c4ccc(O)cc4)nc(N)n3)cc2)ccn1. The molecule has 4 rings (SSSR count). The van der Waals surface area contributed by atoms with Gasteiger partial charge in [0.15, 0.2) is 0 Å². The van der Waals surface area contributed by atoms with Gasteiger partial charge >= 0.3 is 0 Å². The molecular weight excluding hydrogens is 380 g/mol. The van der Waals surface area contributed by atoms with Crippen LogP contribution in [0.4, 0.5) is 17.5 Å². The lowest BCUT2D eigenvalue weighted by Crippen LogP contribution is -2.01. The Morgan fingerprint density at radius 3 is 2.43 bits per heavy atom. The van der Waals surface area contributed by atoms with Gasteiger partial charge in [0.25, 0.3) is 0 Å². The largest absolute Gasteiger partial charge is 0.508 e. The van der Waals surface area contributed by atoms with Crippen molar-refractivity contribution in [3.05, 3.63) is 78.6 Å². The van der Waals surface area contributed by atoms with Gasteiger partial charge in [0.05, 0.1) is 5.69 Å². The molecule has 0 spiro atoms. The van der Waals surface area contributed by atoms with E-state index in [0.29, 0.717) is 23.0 Å². The normalized spacial score (nSPS) is 10.2. The van der Waals surface area contributed by atoms with Crippen LogP contribution in [0.25, 0.3) is 11.3 Å². The standard InChI is InChI=1S/C22H16N6O2/c23-13-16-11-19(9-10-25-16)30-18-7-3-15(4-8-18)26-21-12-20(27-22(24)28-21)14-1-5-17(29)6-2-14/h1-12,29H,(H3,24,26,27,28). The second kappa shape index (κ2) is 8.16. The van der Waals surface area contributed by atoms with Crippen molar-refractivity contribution < 1.29 is 9.84 Å². The fraction of sp³-hybridized carbons (Fsp3) is 0. The first-order chi connectivity index (χ1) is 14.6. The molecule has 4 aromatic rings. The van der Waals surface area contributed by atoms with Gasteiger partial charge in [-0.05, 0) is 54.6 Å². The molecule has 0 amide bonds. The number of nitrogen functional groups attached to an aromatic ring is 1. The lowest BCUT2D eigenvalue weighted by molar-refractivity contribution is 0.475. The molecule has 2 heterocycles. The monoisotopic (exact) mass is 396 g/mol. The summed E-state index contributed by atoms with van der Waals surface area (Å²) in [5.41, 5.74) is 8.37. The zero-order valence-corrected chi connectivity index (χ0v) is 15.6. The summed E-state index contributed by atoms with van der Waals surface area (Å²) >= 11 is 0. The number of hydrogen-bond donors (Lipinski definition) is 3. The van der Waals surface area contributed by atoms with Crippen LogP contribution >= 0.6 is 0 Å². The van der Waals surface area contributed by atoms with Gasteiger partial charge in [-0.25, -0.2) is 9.97 Å². The van der Waals surface area contributed by atoms with Crippen molar-refractivity contribution in [2.24, 2.45) is 0 Å². The summed E-state index contributed by atoms with van der Waals surface area (Å²) in [6.45, 7) is 0. The highest BCUT2D eigenvalue weighted by Crippen LogP contribution is 2.27.